The number of nitrogens with one attached hydrogen (secondary N) is 1. The van der Waals surface area contributed by atoms with E-state index >= 15 is 0 Å². The molecule has 22 heavy (non-hydrogen) atoms. The van der Waals surface area contributed by atoms with Gasteiger partial charge < -0.3 is 10.2 Å². The summed E-state index contributed by atoms with van der Waals surface area (Å²) >= 11 is 0. The summed E-state index contributed by atoms with van der Waals surface area (Å²) < 4.78 is 0. The fraction of sp³-hybridized carbons (Fsp3) is 0.632. The van der Waals surface area contributed by atoms with E-state index in [9.17, 15) is 4.79 Å². The molecular formula is C19H32N2O. The van der Waals surface area contributed by atoms with E-state index in [1.807, 2.05) is 13.1 Å². The Morgan fingerprint density at radius 2 is 1.82 bits per heavy atom. The molecule has 3 nitrogen and oxygen atoms in total. The van der Waals surface area contributed by atoms with Crippen LogP contribution in [0.4, 0.5) is 4.79 Å². The van der Waals surface area contributed by atoms with E-state index < -0.39 is 0 Å². The van der Waals surface area contributed by atoms with E-state index in [-0.39, 0.29) is 17.5 Å². The van der Waals surface area contributed by atoms with Crippen molar-refractivity contribution in [1.82, 2.24) is 10.2 Å². The van der Waals surface area contributed by atoms with Crippen LogP contribution in [0.5, 0.6) is 0 Å². The zero-order valence-corrected chi connectivity index (χ0v) is 15.0. The summed E-state index contributed by atoms with van der Waals surface area (Å²) in [6.07, 6.45) is 2.01. The summed E-state index contributed by atoms with van der Waals surface area (Å²) in [5.74, 6) is 0.534. The molecule has 1 aromatic rings. The highest BCUT2D eigenvalue weighted by molar-refractivity contribution is 5.74. The molecule has 1 aromatic carbocycles. The number of amides is 2. The minimum Gasteiger partial charge on any atom is -0.336 e. The molecular weight excluding hydrogens is 272 g/mol. The minimum absolute atomic E-state index is 0.0247. The topological polar surface area (TPSA) is 32.3 Å². The van der Waals surface area contributed by atoms with Gasteiger partial charge in [-0.3, -0.25) is 0 Å². The van der Waals surface area contributed by atoms with E-state index in [0.29, 0.717) is 5.92 Å². The van der Waals surface area contributed by atoms with E-state index in [4.69, 9.17) is 0 Å². The van der Waals surface area contributed by atoms with Crippen molar-refractivity contribution < 1.29 is 4.79 Å². The molecule has 0 saturated carbocycles. The van der Waals surface area contributed by atoms with Crippen LogP contribution >= 0.6 is 0 Å². The third-order valence-electron chi connectivity index (χ3n) is 4.37. The molecule has 1 N–H and O–H groups in total. The van der Waals surface area contributed by atoms with Crippen molar-refractivity contribution in [2.45, 2.75) is 58.9 Å². The molecule has 0 aliphatic carbocycles. The smallest absolute Gasteiger partial charge is 0.317 e. The van der Waals surface area contributed by atoms with Crippen LogP contribution in [-0.2, 0) is 5.41 Å². The third-order valence-corrected chi connectivity index (χ3v) is 4.37. The quantitative estimate of drug-likeness (QED) is 0.794. The molecule has 124 valence electrons. The molecule has 0 bridgehead atoms. The van der Waals surface area contributed by atoms with Crippen molar-refractivity contribution in [3.8, 4) is 0 Å². The third kappa shape index (κ3) is 5.70. The second kappa shape index (κ2) is 8.21. The molecule has 0 radical (unpaired) electrons. The molecule has 0 spiro atoms. The summed E-state index contributed by atoms with van der Waals surface area (Å²) in [6.45, 7) is 11.7. The predicted octanol–water partition coefficient (Wildman–Crippen LogP) is 4.43. The lowest BCUT2D eigenvalue weighted by molar-refractivity contribution is 0.195. The average molecular weight is 304 g/mol. The van der Waals surface area contributed by atoms with Crippen molar-refractivity contribution in [2.24, 2.45) is 5.92 Å². The van der Waals surface area contributed by atoms with Gasteiger partial charge in [-0.2, -0.15) is 0 Å². The molecule has 0 fully saturated rings. The van der Waals surface area contributed by atoms with Crippen LogP contribution in [0.2, 0.25) is 0 Å². The standard InChI is InChI=1S/C19H32N2O/c1-7-15(2)14-21(6)18(22)20-16(3)13-19(4,5)17-11-9-8-10-12-17/h8-12,15-16H,7,13-14H2,1-6H3,(H,20,22). The molecule has 0 heterocycles. The van der Waals surface area contributed by atoms with Gasteiger partial charge in [0, 0.05) is 19.6 Å². The summed E-state index contributed by atoms with van der Waals surface area (Å²) in [5, 5.41) is 3.12. The lowest BCUT2D eigenvalue weighted by atomic mass is 9.79. The maximum atomic E-state index is 12.2. The fourth-order valence-electron chi connectivity index (χ4n) is 2.82. The number of nitrogens with zero attached hydrogens (tertiary/aromatic N) is 1. The highest BCUT2D eigenvalue weighted by Gasteiger charge is 2.24. The van der Waals surface area contributed by atoms with Gasteiger partial charge >= 0.3 is 6.03 Å². The first-order chi connectivity index (χ1) is 10.3. The number of urea groups is 1. The van der Waals surface area contributed by atoms with Crippen molar-refractivity contribution >= 4 is 6.03 Å². The normalized spacial score (nSPS) is 14.3. The van der Waals surface area contributed by atoms with E-state index in [2.05, 4.69) is 64.2 Å². The molecule has 0 aliphatic rings. The van der Waals surface area contributed by atoms with Crippen molar-refractivity contribution in [3.05, 3.63) is 35.9 Å². The number of carbonyl (C=O) groups is 1. The first kappa shape index (κ1) is 18.5. The van der Waals surface area contributed by atoms with E-state index in [1.54, 1.807) is 4.90 Å². The van der Waals surface area contributed by atoms with Crippen molar-refractivity contribution in [2.75, 3.05) is 13.6 Å². The summed E-state index contributed by atoms with van der Waals surface area (Å²) in [4.78, 5) is 14.0. The maximum absolute atomic E-state index is 12.2. The largest absolute Gasteiger partial charge is 0.336 e. The lowest BCUT2D eigenvalue weighted by Crippen LogP contribution is -2.45. The highest BCUT2D eigenvalue weighted by Crippen LogP contribution is 2.28. The number of hydrogen-bond donors (Lipinski definition) is 1. The van der Waals surface area contributed by atoms with Crippen molar-refractivity contribution in [3.63, 3.8) is 0 Å². The lowest BCUT2D eigenvalue weighted by Gasteiger charge is -2.30. The van der Waals surface area contributed by atoms with Gasteiger partial charge in [-0.15, -0.1) is 0 Å². The van der Waals surface area contributed by atoms with Gasteiger partial charge in [0.1, 0.15) is 0 Å². The number of carbonyl (C=O) groups excluding carboxylic acids is 1. The monoisotopic (exact) mass is 304 g/mol. The first-order valence-electron chi connectivity index (χ1n) is 8.33. The van der Waals surface area contributed by atoms with Gasteiger partial charge in [0.2, 0.25) is 0 Å². The van der Waals surface area contributed by atoms with Crippen LogP contribution in [-0.4, -0.2) is 30.6 Å². The Kier molecular flexibility index (Phi) is 6.92. The van der Waals surface area contributed by atoms with Gasteiger partial charge in [0.05, 0.1) is 0 Å². The molecule has 2 unspecified atom stereocenters. The summed E-state index contributed by atoms with van der Waals surface area (Å²) in [7, 11) is 1.87. The Labute approximate surface area is 136 Å². The zero-order chi connectivity index (χ0) is 16.8. The first-order valence-corrected chi connectivity index (χ1v) is 8.33. The highest BCUT2D eigenvalue weighted by atomic mass is 16.2. The molecule has 2 amide bonds. The Morgan fingerprint density at radius 3 is 2.36 bits per heavy atom. The minimum atomic E-state index is 0.0247. The molecule has 0 aliphatic heterocycles. The summed E-state index contributed by atoms with van der Waals surface area (Å²) in [5.41, 5.74) is 1.35. The zero-order valence-electron chi connectivity index (χ0n) is 15.0. The van der Waals surface area contributed by atoms with Crippen LogP contribution in [0.1, 0.15) is 53.0 Å². The van der Waals surface area contributed by atoms with Crippen LogP contribution < -0.4 is 5.32 Å². The van der Waals surface area contributed by atoms with Crippen LogP contribution in [0.25, 0.3) is 0 Å². The Balaban J connectivity index is 2.55. The SMILES string of the molecule is CCC(C)CN(C)C(=O)NC(C)CC(C)(C)c1ccccc1. The molecule has 3 heteroatoms. The maximum Gasteiger partial charge on any atom is 0.317 e. The van der Waals surface area contributed by atoms with Crippen molar-refractivity contribution in [1.29, 1.82) is 0 Å². The Hall–Kier alpha value is -1.51. The Bertz CT molecular complexity index is 456. The van der Waals surface area contributed by atoms with Crippen LogP contribution in [0, 0.1) is 5.92 Å². The Morgan fingerprint density at radius 1 is 1.23 bits per heavy atom. The average Bonchev–Trinajstić information content (AvgIpc) is 2.47. The number of rotatable bonds is 7. The van der Waals surface area contributed by atoms with Crippen LogP contribution in [0.3, 0.4) is 0 Å². The van der Waals surface area contributed by atoms with E-state index in [0.717, 1.165) is 19.4 Å². The van der Waals surface area contributed by atoms with Gasteiger partial charge in [-0.05, 0) is 30.2 Å². The molecule has 2 atom stereocenters. The molecule has 0 saturated heterocycles. The second-order valence-electron chi connectivity index (χ2n) is 7.20. The second-order valence-corrected chi connectivity index (χ2v) is 7.20. The fourth-order valence-corrected chi connectivity index (χ4v) is 2.82. The predicted molar refractivity (Wildman–Crippen MR) is 94.2 cm³/mol. The number of hydrogen-bond acceptors (Lipinski definition) is 1. The van der Waals surface area contributed by atoms with Gasteiger partial charge in [0.25, 0.3) is 0 Å². The molecule has 0 aromatic heterocycles. The summed E-state index contributed by atoms with van der Waals surface area (Å²) in [6, 6.07) is 10.7. The van der Waals surface area contributed by atoms with Gasteiger partial charge in [-0.25, -0.2) is 4.79 Å². The van der Waals surface area contributed by atoms with Gasteiger partial charge in [-0.1, -0.05) is 64.4 Å². The van der Waals surface area contributed by atoms with E-state index in [1.165, 1.54) is 5.56 Å². The van der Waals surface area contributed by atoms with Gasteiger partial charge in [0.15, 0.2) is 0 Å². The van der Waals surface area contributed by atoms with Crippen LogP contribution in [0.15, 0.2) is 30.3 Å². The number of benzene rings is 1. The molecule has 1 rings (SSSR count).